The Morgan fingerprint density at radius 2 is 1.72 bits per heavy atom. The summed E-state index contributed by atoms with van der Waals surface area (Å²) in [6.45, 7) is 4.36. The number of hydrogen-bond acceptors (Lipinski definition) is 6. The third kappa shape index (κ3) is 6.52. The monoisotopic (exact) mass is 574 g/mol. The molecule has 0 aromatic heterocycles. The summed E-state index contributed by atoms with van der Waals surface area (Å²) < 4.78 is 95.5. The molecule has 1 fully saturated rings. The van der Waals surface area contributed by atoms with Gasteiger partial charge in [-0.1, -0.05) is 12.1 Å². The van der Waals surface area contributed by atoms with Gasteiger partial charge in [0.25, 0.3) is 5.91 Å². The highest BCUT2D eigenvalue weighted by molar-refractivity contribution is 8.18. The number of carbonyl (C=O) groups is 1. The van der Waals surface area contributed by atoms with Crippen molar-refractivity contribution in [2.45, 2.75) is 44.9 Å². The van der Waals surface area contributed by atoms with E-state index < -0.39 is 41.6 Å². The molecule has 2 aliphatic heterocycles. The molecule has 1 amide bonds. The van der Waals surface area contributed by atoms with Crippen LogP contribution in [0.1, 0.15) is 36.1 Å². The third-order valence-electron chi connectivity index (χ3n) is 6.11. The Morgan fingerprint density at radius 3 is 2.33 bits per heavy atom. The summed E-state index contributed by atoms with van der Waals surface area (Å²) in [5.41, 5.74) is -2.75. The Hall–Kier alpha value is -3.19. The van der Waals surface area contributed by atoms with E-state index in [1.807, 2.05) is 18.7 Å². The molecule has 2 atom stereocenters. The summed E-state index contributed by atoms with van der Waals surface area (Å²) >= 11 is 1.23. The molecule has 1 saturated heterocycles. The van der Waals surface area contributed by atoms with Crippen LogP contribution in [0.5, 0.6) is 11.5 Å². The van der Waals surface area contributed by atoms with Crippen molar-refractivity contribution in [1.82, 2.24) is 4.90 Å². The van der Waals surface area contributed by atoms with Crippen molar-refractivity contribution in [2.75, 3.05) is 20.3 Å². The number of alkyl halides is 6. The lowest BCUT2D eigenvalue weighted by Gasteiger charge is -2.39. The quantitative estimate of drug-likeness (QED) is 0.305. The standard InChI is InChI=1S/C26H24F6N2O4S/c1-14-11-37-12-15(2)34(14)24-33-23(35)22(39-24)9-16-4-7-20(21(8-16)36-3)38-13-17-5-6-18(25(27,28)29)10-19(17)26(30,31)32/h4-10,14-15H,11-13H2,1-3H3/b22-9+. The van der Waals surface area contributed by atoms with E-state index in [0.717, 1.165) is 6.07 Å². The number of amides is 1. The molecule has 39 heavy (non-hydrogen) atoms. The van der Waals surface area contributed by atoms with Crippen molar-refractivity contribution < 1.29 is 45.3 Å². The number of aliphatic imine (C=N–C) groups is 1. The fourth-order valence-corrected chi connectivity index (χ4v) is 5.35. The van der Waals surface area contributed by atoms with Crippen molar-refractivity contribution in [3.05, 3.63) is 63.6 Å². The Balaban J connectivity index is 1.51. The molecule has 2 heterocycles. The molecule has 0 aliphatic carbocycles. The minimum Gasteiger partial charge on any atom is -0.493 e. The lowest BCUT2D eigenvalue weighted by molar-refractivity contribution is -0.143. The van der Waals surface area contributed by atoms with Crippen molar-refractivity contribution >= 4 is 28.9 Å². The first-order chi connectivity index (χ1) is 18.3. The highest BCUT2D eigenvalue weighted by Gasteiger charge is 2.38. The summed E-state index contributed by atoms with van der Waals surface area (Å²) in [5.74, 6) is -0.162. The lowest BCUT2D eigenvalue weighted by atomic mass is 10.0. The van der Waals surface area contributed by atoms with Crippen LogP contribution < -0.4 is 9.47 Å². The number of amidine groups is 1. The van der Waals surface area contributed by atoms with Crippen LogP contribution in [-0.4, -0.2) is 48.4 Å². The molecule has 2 aromatic carbocycles. The molecule has 0 spiro atoms. The maximum Gasteiger partial charge on any atom is 0.416 e. The number of hydrogen-bond donors (Lipinski definition) is 0. The van der Waals surface area contributed by atoms with Crippen LogP contribution in [0.3, 0.4) is 0 Å². The van der Waals surface area contributed by atoms with Crippen LogP contribution in [0, 0.1) is 0 Å². The van der Waals surface area contributed by atoms with E-state index in [1.165, 1.54) is 31.0 Å². The summed E-state index contributed by atoms with van der Waals surface area (Å²) in [5, 5.41) is 0.582. The second kappa shape index (κ2) is 11.1. The van der Waals surface area contributed by atoms with E-state index >= 15 is 0 Å². The molecular formula is C26H24F6N2O4S. The summed E-state index contributed by atoms with van der Waals surface area (Å²) in [6.07, 6.45) is -8.32. The molecule has 0 N–H and O–H groups in total. The van der Waals surface area contributed by atoms with Crippen LogP contribution in [-0.2, 0) is 28.5 Å². The summed E-state index contributed by atoms with van der Waals surface area (Å²) in [6, 6.07) is 6.03. The Bertz CT molecular complexity index is 1300. The van der Waals surface area contributed by atoms with Gasteiger partial charge in [0.1, 0.15) is 6.61 Å². The van der Waals surface area contributed by atoms with Gasteiger partial charge in [-0.15, -0.1) is 0 Å². The lowest BCUT2D eigenvalue weighted by Crippen LogP contribution is -2.51. The summed E-state index contributed by atoms with van der Waals surface area (Å²) in [7, 11) is 1.33. The smallest absolute Gasteiger partial charge is 0.416 e. The minimum atomic E-state index is -5.01. The van der Waals surface area contributed by atoms with Crippen LogP contribution in [0.2, 0.25) is 0 Å². The number of methoxy groups -OCH3 is 1. The van der Waals surface area contributed by atoms with Crippen LogP contribution >= 0.6 is 11.8 Å². The van der Waals surface area contributed by atoms with Gasteiger partial charge >= 0.3 is 12.4 Å². The number of halogens is 6. The van der Waals surface area contributed by atoms with Gasteiger partial charge < -0.3 is 19.1 Å². The average Bonchev–Trinajstić information content (AvgIpc) is 3.21. The van der Waals surface area contributed by atoms with Gasteiger partial charge in [-0.25, -0.2) is 0 Å². The molecule has 2 aromatic rings. The first-order valence-corrected chi connectivity index (χ1v) is 12.6. The predicted octanol–water partition coefficient (Wildman–Crippen LogP) is 6.39. The zero-order valence-corrected chi connectivity index (χ0v) is 21.8. The fourth-order valence-electron chi connectivity index (χ4n) is 4.23. The molecule has 4 rings (SSSR count). The van der Waals surface area contributed by atoms with Crippen molar-refractivity contribution in [3.8, 4) is 11.5 Å². The second-order valence-electron chi connectivity index (χ2n) is 9.02. The van der Waals surface area contributed by atoms with Gasteiger partial charge in [-0.2, -0.15) is 31.3 Å². The van der Waals surface area contributed by atoms with Crippen molar-refractivity contribution in [3.63, 3.8) is 0 Å². The second-order valence-corrected chi connectivity index (χ2v) is 10.0. The number of benzene rings is 2. The number of nitrogens with zero attached hydrogens (tertiary/aromatic N) is 2. The SMILES string of the molecule is COc1cc(/C=C2/SC(N3C(C)COCC3C)=NC2=O)ccc1OCc1ccc(C(F)(F)F)cc1C(F)(F)F. The van der Waals surface area contributed by atoms with E-state index in [2.05, 4.69) is 4.99 Å². The first-order valence-electron chi connectivity index (χ1n) is 11.7. The van der Waals surface area contributed by atoms with Gasteiger partial charge in [0.15, 0.2) is 16.7 Å². The highest BCUT2D eigenvalue weighted by atomic mass is 32.2. The predicted molar refractivity (Wildman–Crippen MR) is 133 cm³/mol. The van der Waals surface area contributed by atoms with Gasteiger partial charge in [0, 0.05) is 5.56 Å². The molecule has 210 valence electrons. The first kappa shape index (κ1) is 28.8. The molecule has 0 radical (unpaired) electrons. The van der Waals surface area contributed by atoms with Gasteiger partial charge in [0.05, 0.1) is 48.4 Å². The molecule has 2 aliphatic rings. The van der Waals surface area contributed by atoms with Gasteiger partial charge in [0.2, 0.25) is 0 Å². The molecule has 0 saturated carbocycles. The average molecular weight is 575 g/mol. The molecular weight excluding hydrogens is 550 g/mol. The Kier molecular flexibility index (Phi) is 8.22. The molecule has 6 nitrogen and oxygen atoms in total. The van der Waals surface area contributed by atoms with Crippen LogP contribution in [0.15, 0.2) is 46.3 Å². The molecule has 0 bridgehead atoms. The van der Waals surface area contributed by atoms with E-state index in [4.69, 9.17) is 14.2 Å². The highest BCUT2D eigenvalue weighted by Crippen LogP contribution is 2.39. The van der Waals surface area contributed by atoms with E-state index in [9.17, 15) is 31.1 Å². The number of ether oxygens (including phenoxy) is 3. The van der Waals surface area contributed by atoms with Crippen molar-refractivity contribution in [2.24, 2.45) is 4.99 Å². The zero-order chi connectivity index (χ0) is 28.5. The third-order valence-corrected chi connectivity index (χ3v) is 7.11. The van der Waals surface area contributed by atoms with E-state index in [-0.39, 0.29) is 29.6 Å². The number of carbonyl (C=O) groups excluding carboxylic acids is 1. The fraction of sp³-hybridized carbons (Fsp3) is 0.385. The normalized spacial score (nSPS) is 21.4. The number of rotatable bonds is 5. The Labute approximate surface area is 224 Å². The number of thioether (sulfide) groups is 1. The Morgan fingerprint density at radius 1 is 1.03 bits per heavy atom. The van der Waals surface area contributed by atoms with Crippen LogP contribution in [0.4, 0.5) is 26.3 Å². The summed E-state index contributed by atoms with van der Waals surface area (Å²) in [4.78, 5) is 19.2. The van der Waals surface area contributed by atoms with Gasteiger partial charge in [-0.3, -0.25) is 4.79 Å². The maximum absolute atomic E-state index is 13.5. The van der Waals surface area contributed by atoms with E-state index in [0.29, 0.717) is 34.9 Å². The van der Waals surface area contributed by atoms with Gasteiger partial charge in [-0.05, 0) is 61.5 Å². The molecule has 2 unspecified atom stereocenters. The zero-order valence-electron chi connectivity index (χ0n) is 21.0. The largest absolute Gasteiger partial charge is 0.493 e. The number of morpholine rings is 1. The van der Waals surface area contributed by atoms with Crippen LogP contribution in [0.25, 0.3) is 6.08 Å². The minimum absolute atomic E-state index is 0.0474. The molecule has 13 heteroatoms. The topological polar surface area (TPSA) is 60.4 Å². The van der Waals surface area contributed by atoms with Crippen molar-refractivity contribution in [1.29, 1.82) is 0 Å². The maximum atomic E-state index is 13.5. The van der Waals surface area contributed by atoms with E-state index in [1.54, 1.807) is 12.1 Å².